The van der Waals surface area contributed by atoms with Crippen LogP contribution in [0.15, 0.2) is 54.9 Å². The second-order valence-corrected chi connectivity index (χ2v) is 18.0. The van der Waals surface area contributed by atoms with E-state index in [0.29, 0.717) is 25.0 Å². The van der Waals surface area contributed by atoms with Crippen LogP contribution in [-0.4, -0.2) is 72.2 Å². The van der Waals surface area contributed by atoms with E-state index in [1.165, 1.54) is 43.3 Å². The van der Waals surface area contributed by atoms with Gasteiger partial charge in [-0.05, 0) is 73.8 Å². The summed E-state index contributed by atoms with van der Waals surface area (Å²) in [6.07, 6.45) is 15.0. The molecule has 1 saturated carbocycles. The summed E-state index contributed by atoms with van der Waals surface area (Å²) >= 11 is 0. The molecule has 0 spiro atoms. The summed E-state index contributed by atoms with van der Waals surface area (Å²) < 4.78 is 9.49. The third-order valence-electron chi connectivity index (χ3n) is 13.4. The summed E-state index contributed by atoms with van der Waals surface area (Å²) in [7, 11) is 0. The fraction of sp³-hybridized carbons (Fsp3) is 0.543. The lowest BCUT2D eigenvalue weighted by Gasteiger charge is -2.33. The van der Waals surface area contributed by atoms with E-state index >= 15 is 0 Å². The predicted octanol–water partition coefficient (Wildman–Crippen LogP) is 8.65. The van der Waals surface area contributed by atoms with Gasteiger partial charge in [-0.3, -0.25) is 9.63 Å². The number of benzene rings is 2. The maximum Gasteiger partial charge on any atom is 0.240 e. The van der Waals surface area contributed by atoms with Crippen molar-refractivity contribution in [1.29, 1.82) is 0 Å². The fourth-order valence-electron chi connectivity index (χ4n) is 9.62. The number of rotatable bonds is 12. The van der Waals surface area contributed by atoms with Crippen LogP contribution in [0.5, 0.6) is 5.75 Å². The van der Waals surface area contributed by atoms with Crippen molar-refractivity contribution in [3.8, 4) is 39.5 Å². The highest BCUT2D eigenvalue weighted by Gasteiger charge is 2.36. The number of H-pyrrole nitrogens is 2. The molecule has 5 atom stereocenters. The van der Waals surface area contributed by atoms with Crippen molar-refractivity contribution in [2.24, 2.45) is 29.2 Å². The first kappa shape index (κ1) is 39.0. The molecule has 12 heteroatoms. The zero-order chi connectivity index (χ0) is 40.1. The third kappa shape index (κ3) is 7.48. The lowest BCUT2D eigenvalue weighted by Crippen LogP contribution is -2.46. The first-order valence-corrected chi connectivity index (χ1v) is 21.9. The maximum atomic E-state index is 13.3. The number of aromatic amines is 2. The topological polar surface area (TPSA) is 156 Å². The summed E-state index contributed by atoms with van der Waals surface area (Å²) in [5, 5.41) is 3.22. The highest BCUT2D eigenvalue weighted by Crippen LogP contribution is 2.47. The van der Waals surface area contributed by atoms with Crippen LogP contribution in [0.4, 0.5) is 0 Å². The number of nitrogens with zero attached hydrogens (tertiary/aromatic N) is 5. The molecular formula is C46H61N9O3. The third-order valence-corrected chi connectivity index (χ3v) is 13.4. The summed E-state index contributed by atoms with van der Waals surface area (Å²) in [6, 6.07) is 15.0. The first-order valence-electron chi connectivity index (χ1n) is 21.9. The van der Waals surface area contributed by atoms with Crippen molar-refractivity contribution < 1.29 is 14.4 Å². The zero-order valence-corrected chi connectivity index (χ0v) is 34.6. The number of hydrogen-bond acceptors (Lipinski definition) is 8. The lowest BCUT2D eigenvalue weighted by molar-refractivity contribution is -0.177. The van der Waals surface area contributed by atoms with Gasteiger partial charge in [0.25, 0.3) is 0 Å². The smallest absolute Gasteiger partial charge is 0.240 e. The van der Waals surface area contributed by atoms with Crippen molar-refractivity contribution in [3.05, 3.63) is 66.5 Å². The van der Waals surface area contributed by atoms with Crippen LogP contribution >= 0.6 is 0 Å². The molecule has 3 aromatic heterocycles. The van der Waals surface area contributed by atoms with Gasteiger partial charge in [0.15, 0.2) is 6.23 Å². The van der Waals surface area contributed by atoms with E-state index in [2.05, 4.69) is 75.9 Å². The minimum atomic E-state index is -0.507. The molecule has 6 heterocycles. The molecule has 1 amide bonds. The van der Waals surface area contributed by atoms with Crippen LogP contribution in [-0.2, 0) is 9.63 Å². The Hall–Kier alpha value is -4.49. The van der Waals surface area contributed by atoms with E-state index in [-0.39, 0.29) is 36.2 Å². The molecular weight excluding hydrogens is 727 g/mol. The Balaban J connectivity index is 1.00. The van der Waals surface area contributed by atoms with E-state index < -0.39 is 6.04 Å². The fourth-order valence-corrected chi connectivity index (χ4v) is 9.62. The minimum absolute atomic E-state index is 0.00166. The van der Waals surface area contributed by atoms with Gasteiger partial charge in [-0.1, -0.05) is 71.9 Å². The van der Waals surface area contributed by atoms with Crippen molar-refractivity contribution in [2.45, 2.75) is 122 Å². The Kier molecular flexibility index (Phi) is 10.9. The molecule has 5 aromatic rings. The van der Waals surface area contributed by atoms with Crippen molar-refractivity contribution in [3.63, 3.8) is 0 Å². The second-order valence-electron chi connectivity index (χ2n) is 18.0. The zero-order valence-electron chi connectivity index (χ0n) is 34.6. The quantitative estimate of drug-likeness (QED) is 0.0979. The molecule has 4 aliphatic rings. The number of amides is 1. The molecule has 0 bridgehead atoms. The largest absolute Gasteiger partial charge is 0.469 e. The number of ether oxygens (including phenoxy) is 1. The average molecular weight is 788 g/mol. The van der Waals surface area contributed by atoms with Crippen LogP contribution in [0.1, 0.15) is 122 Å². The molecule has 1 aliphatic carbocycles. The Morgan fingerprint density at radius 1 is 0.828 bits per heavy atom. The monoisotopic (exact) mass is 787 g/mol. The second kappa shape index (κ2) is 16.3. The molecule has 308 valence electrons. The van der Waals surface area contributed by atoms with Crippen LogP contribution in [0.25, 0.3) is 44.7 Å². The first-order chi connectivity index (χ1) is 28.1. The number of fused-ring (bicyclic) bond motifs is 5. The number of nitrogens with two attached hydrogens (primary N) is 2. The van der Waals surface area contributed by atoms with Gasteiger partial charge < -0.3 is 35.6 Å². The Morgan fingerprint density at radius 3 is 2.26 bits per heavy atom. The molecule has 3 aliphatic heterocycles. The molecule has 6 N–H and O–H groups in total. The lowest BCUT2D eigenvalue weighted by atomic mass is 9.86. The van der Waals surface area contributed by atoms with Gasteiger partial charge in [0.05, 0.1) is 59.7 Å². The summed E-state index contributed by atoms with van der Waals surface area (Å²) in [4.78, 5) is 38.3. The van der Waals surface area contributed by atoms with Crippen LogP contribution in [0, 0.1) is 17.8 Å². The molecule has 3 fully saturated rings. The van der Waals surface area contributed by atoms with Crippen molar-refractivity contribution >= 4 is 16.8 Å². The van der Waals surface area contributed by atoms with Crippen molar-refractivity contribution in [1.82, 2.24) is 34.5 Å². The van der Waals surface area contributed by atoms with Crippen molar-refractivity contribution in [2.75, 3.05) is 19.7 Å². The average Bonchev–Trinajstić information content (AvgIpc) is 4.08. The molecule has 9 rings (SSSR count). The standard InChI is InChI=1S/C46H61N9O3/c1-27(2)34(47)26-57-54-19-9-13-39(54)45-50-25-36(52-45)31-14-16-33-40-22-32-21-30(35-24-49-44(51-35)38-12-8-18-53(38)46(56)43(48)28(3)4)15-17-37(32)55(40)42(58-41(33)23-31)20-29-10-6-5-7-11-29/h14-17,21-25,27-29,34,38-39,42-43H,5-13,18-20,26,47-48H2,1-4H3,(H,49,51)(H,50,52)/t34?,38-,39-,42?,43-/m0/s1. The van der Waals surface area contributed by atoms with Gasteiger partial charge in [-0.15, -0.1) is 0 Å². The number of carbonyl (C=O) groups is 1. The van der Waals surface area contributed by atoms with Crippen LogP contribution in [0.3, 0.4) is 0 Å². The molecule has 12 nitrogen and oxygen atoms in total. The number of imidazole rings is 2. The normalized spacial score (nSPS) is 22.5. The van der Waals surface area contributed by atoms with Crippen LogP contribution < -0.4 is 16.2 Å². The predicted molar refractivity (Wildman–Crippen MR) is 227 cm³/mol. The maximum absolute atomic E-state index is 13.3. The number of hydroxylamine groups is 2. The van der Waals surface area contributed by atoms with Gasteiger partial charge in [0.1, 0.15) is 17.4 Å². The number of likely N-dealkylation sites (tertiary alicyclic amines) is 1. The number of nitrogens with one attached hydrogen (secondary N) is 2. The van der Waals surface area contributed by atoms with Gasteiger partial charge >= 0.3 is 0 Å². The number of aromatic nitrogens is 5. The van der Waals surface area contributed by atoms with Gasteiger partial charge in [-0.2, -0.15) is 5.06 Å². The number of carbonyl (C=O) groups excluding carboxylic acids is 1. The molecule has 2 unspecified atom stereocenters. The van der Waals surface area contributed by atoms with Crippen LogP contribution in [0.2, 0.25) is 0 Å². The summed E-state index contributed by atoms with van der Waals surface area (Å²) in [6.45, 7) is 10.3. The Bertz CT molecular complexity index is 2230. The molecule has 58 heavy (non-hydrogen) atoms. The van der Waals surface area contributed by atoms with E-state index in [0.717, 1.165) is 89.5 Å². The van der Waals surface area contributed by atoms with Gasteiger partial charge in [0.2, 0.25) is 5.91 Å². The highest BCUT2D eigenvalue weighted by atomic mass is 16.7. The number of hydrogen-bond donors (Lipinski definition) is 4. The van der Waals surface area contributed by atoms with E-state index in [1.54, 1.807) is 0 Å². The Labute approximate surface area is 342 Å². The van der Waals surface area contributed by atoms with E-state index in [9.17, 15) is 4.79 Å². The summed E-state index contributed by atoms with van der Waals surface area (Å²) in [5.41, 5.74) is 20.1. The van der Waals surface area contributed by atoms with E-state index in [1.807, 2.05) is 31.1 Å². The molecule has 2 saturated heterocycles. The molecule has 0 radical (unpaired) electrons. The SMILES string of the molecule is CC(C)C(N)CON1CCC[C@H]1c1ncc(-c2ccc3c(c2)OC(CC2CCCCC2)n2c-3cc3cc(-c4cnc([C@@H]5CCCN5C(=O)[C@@H](N)C(C)C)[nH]4)ccc32)[nH]1. The van der Waals surface area contributed by atoms with Gasteiger partial charge in [-0.25, -0.2) is 9.97 Å². The Morgan fingerprint density at radius 2 is 1.52 bits per heavy atom. The van der Waals surface area contributed by atoms with Gasteiger partial charge in [0, 0.05) is 47.6 Å². The summed E-state index contributed by atoms with van der Waals surface area (Å²) in [5.74, 6) is 3.74. The highest BCUT2D eigenvalue weighted by molar-refractivity contribution is 5.92. The molecule has 2 aromatic carbocycles. The van der Waals surface area contributed by atoms with E-state index in [4.69, 9.17) is 31.0 Å². The minimum Gasteiger partial charge on any atom is -0.469 e.